The van der Waals surface area contributed by atoms with Crippen molar-refractivity contribution in [2.75, 3.05) is 6.61 Å². The zero-order valence-electron chi connectivity index (χ0n) is 9.95. The summed E-state index contributed by atoms with van der Waals surface area (Å²) in [4.78, 5) is 33.0. The maximum Gasteiger partial charge on any atom is 0.341 e. The first kappa shape index (κ1) is 13.9. The number of hydrogen-bond donors (Lipinski definition) is 3. The van der Waals surface area contributed by atoms with Crippen molar-refractivity contribution in [3.63, 3.8) is 0 Å². The lowest BCUT2D eigenvalue weighted by atomic mass is 10.2. The number of carboxylic acid groups (broad SMARTS) is 1. The van der Waals surface area contributed by atoms with E-state index in [9.17, 15) is 19.5 Å². The van der Waals surface area contributed by atoms with Gasteiger partial charge >= 0.3 is 5.97 Å². The first-order valence-corrected chi connectivity index (χ1v) is 6.20. The van der Waals surface area contributed by atoms with Gasteiger partial charge in [0.25, 0.3) is 11.1 Å². The third-order valence-corrected chi connectivity index (χ3v) is 3.09. The predicted molar refractivity (Wildman–Crippen MR) is 70.3 cm³/mol. The normalized spacial score (nSPS) is 16.3. The Kier molecular flexibility index (Phi) is 3.94. The maximum absolute atomic E-state index is 11.4. The van der Waals surface area contributed by atoms with Crippen LogP contribution >= 0.6 is 11.8 Å². The zero-order valence-corrected chi connectivity index (χ0v) is 10.8. The van der Waals surface area contributed by atoms with Crippen LogP contribution in [0.3, 0.4) is 0 Å². The quantitative estimate of drug-likeness (QED) is 0.715. The summed E-state index contributed by atoms with van der Waals surface area (Å²) in [5.41, 5.74) is 0.496. The second-order valence-corrected chi connectivity index (χ2v) is 4.78. The van der Waals surface area contributed by atoms with E-state index >= 15 is 0 Å². The number of imide groups is 1. The molecule has 0 saturated carbocycles. The lowest BCUT2D eigenvalue weighted by molar-refractivity contribution is -0.139. The molecule has 1 fully saturated rings. The van der Waals surface area contributed by atoms with Crippen LogP contribution in [-0.4, -0.2) is 33.9 Å². The van der Waals surface area contributed by atoms with Crippen LogP contribution in [0.1, 0.15) is 5.56 Å². The zero-order chi connectivity index (χ0) is 14.7. The average molecular weight is 295 g/mol. The number of benzene rings is 1. The molecule has 1 heterocycles. The van der Waals surface area contributed by atoms with E-state index in [1.54, 1.807) is 0 Å². The number of aliphatic carboxylic acids is 1. The molecule has 0 aromatic heterocycles. The van der Waals surface area contributed by atoms with Crippen LogP contribution in [0.5, 0.6) is 11.5 Å². The number of carbonyl (C=O) groups excluding carboxylic acids is 2. The number of amides is 2. The number of carbonyl (C=O) groups is 3. The summed E-state index contributed by atoms with van der Waals surface area (Å²) in [6.45, 7) is -0.596. The van der Waals surface area contributed by atoms with Gasteiger partial charge in [0, 0.05) is 0 Å². The third-order valence-electron chi connectivity index (χ3n) is 2.27. The fraction of sp³-hybridized carbons (Fsp3) is 0.0833. The summed E-state index contributed by atoms with van der Waals surface area (Å²) in [7, 11) is 0. The highest BCUT2D eigenvalue weighted by Crippen LogP contribution is 2.30. The molecule has 1 aliphatic rings. The van der Waals surface area contributed by atoms with E-state index in [0.717, 1.165) is 11.8 Å². The second-order valence-electron chi connectivity index (χ2n) is 3.76. The molecule has 0 aliphatic carbocycles. The summed E-state index contributed by atoms with van der Waals surface area (Å²) in [5, 5.41) is 19.7. The third kappa shape index (κ3) is 3.29. The molecule has 3 N–H and O–H groups in total. The van der Waals surface area contributed by atoms with Gasteiger partial charge in [-0.1, -0.05) is 6.07 Å². The van der Waals surface area contributed by atoms with Crippen LogP contribution in [0.4, 0.5) is 4.79 Å². The van der Waals surface area contributed by atoms with E-state index in [2.05, 4.69) is 5.32 Å². The number of nitrogens with one attached hydrogen (secondary N) is 1. The Labute approximate surface area is 117 Å². The molecule has 8 heteroatoms. The molecule has 0 radical (unpaired) electrons. The van der Waals surface area contributed by atoms with Gasteiger partial charge in [0.1, 0.15) is 0 Å². The summed E-state index contributed by atoms with van der Waals surface area (Å²) in [5.74, 6) is -1.91. The van der Waals surface area contributed by atoms with Gasteiger partial charge in [-0.3, -0.25) is 14.9 Å². The van der Waals surface area contributed by atoms with Gasteiger partial charge in [-0.2, -0.15) is 0 Å². The molecule has 104 valence electrons. The second kappa shape index (κ2) is 5.66. The molecule has 1 aromatic carbocycles. The molecule has 7 nitrogen and oxygen atoms in total. The minimum absolute atomic E-state index is 0.0171. The van der Waals surface area contributed by atoms with Crippen LogP contribution < -0.4 is 10.1 Å². The molecule has 1 aliphatic heterocycles. The minimum atomic E-state index is -1.18. The Hall–Kier alpha value is -2.48. The lowest BCUT2D eigenvalue weighted by Gasteiger charge is -2.06. The topological polar surface area (TPSA) is 113 Å². The van der Waals surface area contributed by atoms with Gasteiger partial charge in [0.15, 0.2) is 18.1 Å². The fourth-order valence-corrected chi connectivity index (χ4v) is 2.13. The van der Waals surface area contributed by atoms with Gasteiger partial charge in [-0.25, -0.2) is 4.79 Å². The van der Waals surface area contributed by atoms with Gasteiger partial charge in [-0.05, 0) is 35.5 Å². The van der Waals surface area contributed by atoms with Crippen molar-refractivity contribution in [1.82, 2.24) is 5.32 Å². The van der Waals surface area contributed by atoms with Crippen molar-refractivity contribution >= 4 is 35.0 Å². The lowest BCUT2D eigenvalue weighted by Crippen LogP contribution is -2.17. The maximum atomic E-state index is 11.4. The number of hydrogen-bond acceptors (Lipinski definition) is 6. The van der Waals surface area contributed by atoms with E-state index < -0.39 is 23.7 Å². The SMILES string of the molecule is O=C(O)COc1cc(/C=C2/SC(=O)NC2=O)ccc1O. The Morgan fingerprint density at radius 2 is 2.15 bits per heavy atom. The number of rotatable bonds is 4. The number of ether oxygens (including phenoxy) is 1. The first-order chi connectivity index (χ1) is 9.45. The largest absolute Gasteiger partial charge is 0.504 e. The molecule has 2 amide bonds. The number of phenols is 1. The van der Waals surface area contributed by atoms with Crippen LogP contribution in [-0.2, 0) is 9.59 Å². The molecule has 1 saturated heterocycles. The molecule has 0 spiro atoms. The van der Waals surface area contributed by atoms with E-state index in [0.29, 0.717) is 5.56 Å². The highest BCUT2D eigenvalue weighted by atomic mass is 32.2. The molecule has 1 aromatic rings. The first-order valence-electron chi connectivity index (χ1n) is 5.38. The van der Waals surface area contributed by atoms with Crippen LogP contribution in [0, 0.1) is 0 Å². The van der Waals surface area contributed by atoms with Gasteiger partial charge in [0.2, 0.25) is 0 Å². The van der Waals surface area contributed by atoms with Crippen LogP contribution in [0.2, 0.25) is 0 Å². The molecule has 0 atom stereocenters. The Balaban J connectivity index is 2.23. The summed E-state index contributed by atoms with van der Waals surface area (Å²) < 4.78 is 4.90. The monoisotopic (exact) mass is 295 g/mol. The summed E-state index contributed by atoms with van der Waals surface area (Å²) in [6, 6.07) is 4.19. The van der Waals surface area contributed by atoms with Crippen LogP contribution in [0.25, 0.3) is 6.08 Å². The molecular formula is C12H9NO6S. The van der Waals surface area contributed by atoms with Crippen molar-refractivity contribution in [2.45, 2.75) is 0 Å². The number of phenolic OH excluding ortho intramolecular Hbond substituents is 1. The van der Waals surface area contributed by atoms with E-state index in [-0.39, 0.29) is 16.4 Å². The Morgan fingerprint density at radius 3 is 2.75 bits per heavy atom. The number of thioether (sulfide) groups is 1. The smallest absolute Gasteiger partial charge is 0.341 e. The summed E-state index contributed by atoms with van der Waals surface area (Å²) >= 11 is 0.761. The highest BCUT2D eigenvalue weighted by molar-refractivity contribution is 8.18. The van der Waals surface area contributed by atoms with E-state index in [1.807, 2.05) is 0 Å². The molecule has 0 unspecified atom stereocenters. The van der Waals surface area contributed by atoms with Crippen molar-refractivity contribution in [1.29, 1.82) is 0 Å². The van der Waals surface area contributed by atoms with Crippen molar-refractivity contribution in [2.24, 2.45) is 0 Å². The standard InChI is InChI=1S/C12H9NO6S/c14-7-2-1-6(3-8(7)19-5-10(15)16)4-9-11(17)13-12(18)20-9/h1-4,14H,5H2,(H,15,16)(H,13,17,18)/b9-4+. The highest BCUT2D eigenvalue weighted by Gasteiger charge is 2.25. The number of carboxylic acids is 1. The van der Waals surface area contributed by atoms with Crippen molar-refractivity contribution in [3.05, 3.63) is 28.7 Å². The fourth-order valence-electron chi connectivity index (χ4n) is 1.45. The molecular weight excluding hydrogens is 286 g/mol. The molecule has 2 rings (SSSR count). The predicted octanol–water partition coefficient (Wildman–Crippen LogP) is 1.18. The van der Waals surface area contributed by atoms with Gasteiger partial charge in [0.05, 0.1) is 4.91 Å². The Morgan fingerprint density at radius 1 is 1.40 bits per heavy atom. The summed E-state index contributed by atoms with van der Waals surface area (Å²) in [6.07, 6.45) is 1.44. The van der Waals surface area contributed by atoms with Gasteiger partial charge in [-0.15, -0.1) is 0 Å². The van der Waals surface area contributed by atoms with Crippen LogP contribution in [0.15, 0.2) is 23.1 Å². The number of aromatic hydroxyl groups is 1. The van der Waals surface area contributed by atoms with Gasteiger partial charge < -0.3 is 14.9 Å². The molecule has 0 bridgehead atoms. The molecule has 20 heavy (non-hydrogen) atoms. The average Bonchev–Trinajstić information content (AvgIpc) is 2.68. The van der Waals surface area contributed by atoms with Crippen molar-refractivity contribution < 1.29 is 29.3 Å². The minimum Gasteiger partial charge on any atom is -0.504 e. The van der Waals surface area contributed by atoms with Crippen molar-refractivity contribution in [3.8, 4) is 11.5 Å². The Bertz CT molecular complexity index is 624. The van der Waals surface area contributed by atoms with E-state index in [4.69, 9.17) is 9.84 Å². The van der Waals surface area contributed by atoms with E-state index in [1.165, 1.54) is 24.3 Å².